The van der Waals surface area contributed by atoms with E-state index in [4.69, 9.17) is 0 Å². The number of hydrogen-bond acceptors (Lipinski definition) is 0. The van der Waals surface area contributed by atoms with Crippen molar-refractivity contribution in [3.63, 3.8) is 0 Å². The van der Waals surface area contributed by atoms with Gasteiger partial charge in [0.25, 0.3) is 0 Å². The Bertz CT molecular complexity index is 371. The molecule has 1 heteroatoms. The Balaban J connectivity index is 1.92. The Morgan fingerprint density at radius 2 is 1.79 bits per heavy atom. The van der Waals surface area contributed by atoms with Crippen molar-refractivity contribution in [3.05, 3.63) is 59.5 Å². The fraction of sp³-hybridized carbons (Fsp3) is 0.154. The molecule has 2 rings (SSSR count). The van der Waals surface area contributed by atoms with Crippen LogP contribution in [-0.2, 0) is 6.42 Å². The quantitative estimate of drug-likeness (QED) is 0.659. The maximum atomic E-state index is 2.29. The third-order valence-electron chi connectivity index (χ3n) is 2.20. The van der Waals surface area contributed by atoms with Gasteiger partial charge in [0.15, 0.2) is 0 Å². The maximum Gasteiger partial charge on any atom is -0.00384 e. The van der Waals surface area contributed by atoms with E-state index in [0.29, 0.717) is 10.5 Å². The average molecular weight is 202 g/mol. The molecule has 0 N–H and O–H groups in total. The fourth-order valence-corrected chi connectivity index (χ4v) is 2.84. The van der Waals surface area contributed by atoms with Crippen LogP contribution < -0.4 is 0 Å². The molecule has 0 aromatic heterocycles. The molecule has 1 aromatic carbocycles. The molecule has 0 bridgehead atoms. The molecule has 0 nitrogen and oxygen atoms in total. The summed E-state index contributed by atoms with van der Waals surface area (Å²) in [4.78, 5) is 0. The lowest BCUT2D eigenvalue weighted by Gasteiger charge is -2.05. The van der Waals surface area contributed by atoms with Crippen molar-refractivity contribution in [1.82, 2.24) is 0 Å². The van der Waals surface area contributed by atoms with Crippen molar-refractivity contribution >= 4 is 15.9 Å². The summed E-state index contributed by atoms with van der Waals surface area (Å²) < 4.78 is 0. The van der Waals surface area contributed by atoms with Crippen LogP contribution in [-0.4, -0.2) is 11.1 Å². The van der Waals surface area contributed by atoms with Crippen LogP contribution in [0.4, 0.5) is 0 Å². The van der Waals surface area contributed by atoms with Gasteiger partial charge in [-0.05, 0) is 28.5 Å². The van der Waals surface area contributed by atoms with Gasteiger partial charge in [0, 0.05) is 0 Å². The van der Waals surface area contributed by atoms with E-state index in [2.05, 4.69) is 59.3 Å². The molecule has 0 saturated heterocycles. The second-order valence-corrected chi connectivity index (χ2v) is 5.15. The molecule has 1 aliphatic rings. The first-order chi connectivity index (χ1) is 6.95. The summed E-state index contributed by atoms with van der Waals surface area (Å²) in [6.07, 6.45) is 7.56. The minimum Gasteiger partial charge on any atom is -0.162 e. The Labute approximate surface area is 87.9 Å². The highest BCUT2D eigenvalue weighted by Crippen LogP contribution is 2.18. The van der Waals surface area contributed by atoms with Crippen LogP contribution in [0.5, 0.6) is 0 Å². The molecule has 0 spiro atoms. The molecule has 1 unspecified atom stereocenters. The highest BCUT2D eigenvalue weighted by Gasteiger charge is 1.94. The molecule has 14 heavy (non-hydrogen) atoms. The van der Waals surface area contributed by atoms with Crippen molar-refractivity contribution in [2.75, 3.05) is 5.75 Å². The number of allylic oxidation sites excluding steroid dienone is 3. The minimum atomic E-state index is 0.362. The SMILES string of the molecule is C1=CC=S(CCc2ccccc2)C=C1. The van der Waals surface area contributed by atoms with Crippen molar-refractivity contribution in [3.8, 4) is 0 Å². The van der Waals surface area contributed by atoms with Crippen LogP contribution in [0.25, 0.3) is 0 Å². The lowest BCUT2D eigenvalue weighted by Crippen LogP contribution is -1.90. The zero-order valence-electron chi connectivity index (χ0n) is 8.10. The smallest absolute Gasteiger partial charge is 0.00384 e. The molecule has 0 aliphatic carbocycles. The van der Waals surface area contributed by atoms with E-state index in [1.54, 1.807) is 0 Å². The largest absolute Gasteiger partial charge is 0.162 e. The molecular formula is C13H14S. The first-order valence-corrected chi connectivity index (χ1v) is 6.38. The predicted molar refractivity (Wildman–Crippen MR) is 66.9 cm³/mol. The summed E-state index contributed by atoms with van der Waals surface area (Å²) in [5.41, 5.74) is 1.44. The standard InChI is InChI=1S/C13H14S/c1-3-7-13(8-4-1)9-12-14-10-5-2-6-11-14/h1-8,10-11H,9,12H2. The number of rotatable bonds is 3. The molecule has 1 atom stereocenters. The molecule has 0 amide bonds. The zero-order valence-corrected chi connectivity index (χ0v) is 8.91. The van der Waals surface area contributed by atoms with Gasteiger partial charge in [-0.25, -0.2) is 0 Å². The molecule has 0 fully saturated rings. The summed E-state index contributed by atoms with van der Waals surface area (Å²) in [5.74, 6) is 1.24. The summed E-state index contributed by atoms with van der Waals surface area (Å²) in [5, 5.41) is 4.59. The Hall–Kier alpha value is -1.08. The van der Waals surface area contributed by atoms with Gasteiger partial charge in [0.2, 0.25) is 0 Å². The molecule has 0 saturated carbocycles. The normalized spacial score (nSPS) is 19.3. The molecule has 1 aliphatic heterocycles. The van der Waals surface area contributed by atoms with E-state index in [1.165, 1.54) is 17.7 Å². The van der Waals surface area contributed by atoms with Crippen LogP contribution >= 0.6 is 10.5 Å². The summed E-state index contributed by atoms with van der Waals surface area (Å²) >= 11 is 0. The zero-order chi connectivity index (χ0) is 9.64. The van der Waals surface area contributed by atoms with Crippen molar-refractivity contribution in [2.45, 2.75) is 6.42 Å². The van der Waals surface area contributed by atoms with Gasteiger partial charge < -0.3 is 0 Å². The number of aryl methyl sites for hydroxylation is 1. The van der Waals surface area contributed by atoms with Gasteiger partial charge in [-0.1, -0.05) is 48.6 Å². The molecule has 72 valence electrons. The van der Waals surface area contributed by atoms with Gasteiger partial charge >= 0.3 is 0 Å². The van der Waals surface area contributed by atoms with Crippen LogP contribution in [0.3, 0.4) is 0 Å². The molecular weight excluding hydrogens is 188 g/mol. The Morgan fingerprint density at radius 3 is 2.50 bits per heavy atom. The van der Waals surface area contributed by atoms with Crippen LogP contribution in [0.15, 0.2) is 54.0 Å². The van der Waals surface area contributed by atoms with E-state index in [-0.39, 0.29) is 0 Å². The third-order valence-corrected chi connectivity index (χ3v) is 3.89. The summed E-state index contributed by atoms with van der Waals surface area (Å²) in [6, 6.07) is 10.7. The van der Waals surface area contributed by atoms with Crippen molar-refractivity contribution in [1.29, 1.82) is 0 Å². The van der Waals surface area contributed by atoms with E-state index < -0.39 is 0 Å². The summed E-state index contributed by atoms with van der Waals surface area (Å²) in [6.45, 7) is 0. The Morgan fingerprint density at radius 1 is 0.929 bits per heavy atom. The van der Waals surface area contributed by atoms with Crippen LogP contribution in [0.1, 0.15) is 5.56 Å². The second kappa shape index (κ2) is 4.97. The second-order valence-electron chi connectivity index (χ2n) is 3.26. The van der Waals surface area contributed by atoms with Crippen LogP contribution in [0.2, 0.25) is 0 Å². The highest BCUT2D eigenvalue weighted by atomic mass is 32.2. The number of hydrogen-bond donors (Lipinski definition) is 0. The lowest BCUT2D eigenvalue weighted by molar-refractivity contribution is 1.16. The predicted octanol–water partition coefficient (Wildman–Crippen LogP) is 3.38. The Kier molecular flexibility index (Phi) is 3.36. The van der Waals surface area contributed by atoms with E-state index in [9.17, 15) is 0 Å². The monoisotopic (exact) mass is 202 g/mol. The fourth-order valence-electron chi connectivity index (χ4n) is 1.42. The van der Waals surface area contributed by atoms with E-state index in [1.807, 2.05) is 0 Å². The summed E-state index contributed by atoms with van der Waals surface area (Å²) in [7, 11) is 0.362. The van der Waals surface area contributed by atoms with Crippen molar-refractivity contribution in [2.24, 2.45) is 0 Å². The van der Waals surface area contributed by atoms with Crippen LogP contribution in [0, 0.1) is 0 Å². The first kappa shape index (κ1) is 9.47. The van der Waals surface area contributed by atoms with Gasteiger partial charge in [-0.15, -0.1) is 0 Å². The minimum absolute atomic E-state index is 0.362. The molecule has 1 aromatic rings. The van der Waals surface area contributed by atoms with E-state index in [0.717, 1.165) is 0 Å². The maximum absolute atomic E-state index is 2.29. The topological polar surface area (TPSA) is 0 Å². The van der Waals surface area contributed by atoms with E-state index >= 15 is 0 Å². The van der Waals surface area contributed by atoms with Gasteiger partial charge in [-0.3, -0.25) is 0 Å². The average Bonchev–Trinajstić information content (AvgIpc) is 2.29. The number of benzene rings is 1. The molecule has 0 radical (unpaired) electrons. The molecule has 1 heterocycles. The third kappa shape index (κ3) is 2.71. The lowest BCUT2D eigenvalue weighted by atomic mass is 10.2. The van der Waals surface area contributed by atoms with Gasteiger partial charge in [0.1, 0.15) is 0 Å². The van der Waals surface area contributed by atoms with Gasteiger partial charge in [0.05, 0.1) is 0 Å². The van der Waals surface area contributed by atoms with Crippen molar-refractivity contribution < 1.29 is 0 Å². The highest BCUT2D eigenvalue weighted by molar-refractivity contribution is 8.17. The van der Waals surface area contributed by atoms with Gasteiger partial charge in [-0.2, -0.15) is 10.5 Å². The first-order valence-electron chi connectivity index (χ1n) is 4.86.